The molecule has 3 N–H and O–H groups in total. The highest BCUT2D eigenvalue weighted by molar-refractivity contribution is 9.10. The summed E-state index contributed by atoms with van der Waals surface area (Å²) in [6, 6.07) is 5.67. The van der Waals surface area contributed by atoms with Gasteiger partial charge in [0.15, 0.2) is 5.41 Å². The number of rotatable bonds is 4. The predicted molar refractivity (Wildman–Crippen MR) is 58.5 cm³/mol. The van der Waals surface area contributed by atoms with Crippen LogP contribution in [-0.2, 0) is 10.2 Å². The van der Waals surface area contributed by atoms with E-state index in [1.807, 2.05) is 0 Å². The first-order valence-electron chi connectivity index (χ1n) is 4.42. The van der Waals surface area contributed by atoms with Gasteiger partial charge in [0.1, 0.15) is 0 Å². The Labute approximate surface area is 99.4 Å². The second-order valence-electron chi connectivity index (χ2n) is 3.29. The molecule has 0 heterocycles. The summed E-state index contributed by atoms with van der Waals surface area (Å²) in [7, 11) is 0. The lowest BCUT2D eigenvalue weighted by Crippen LogP contribution is -2.49. The summed E-state index contributed by atoms with van der Waals surface area (Å²) in [5.41, 5.74) is 2.88. The summed E-state index contributed by atoms with van der Waals surface area (Å²) in [4.78, 5) is 11.0. The molecule has 1 aromatic carbocycles. The van der Waals surface area contributed by atoms with Crippen LogP contribution in [-0.4, -0.2) is 24.0 Å². The van der Waals surface area contributed by atoms with E-state index in [2.05, 4.69) is 15.9 Å². The van der Waals surface area contributed by atoms with Crippen LogP contribution >= 0.6 is 15.9 Å². The van der Waals surface area contributed by atoms with Crippen molar-refractivity contribution in [3.63, 3.8) is 0 Å². The smallest absolute Gasteiger partial charge is 0.321 e. The molecule has 0 radical (unpaired) electrons. The number of carboxylic acid groups (broad SMARTS) is 1. The van der Waals surface area contributed by atoms with Crippen molar-refractivity contribution in [2.24, 2.45) is 5.73 Å². The van der Waals surface area contributed by atoms with Gasteiger partial charge in [-0.2, -0.15) is 0 Å². The van der Waals surface area contributed by atoms with Crippen molar-refractivity contribution in [3.05, 3.63) is 34.3 Å². The molecule has 0 aliphatic rings. The summed E-state index contributed by atoms with van der Waals surface area (Å²) in [6.07, 6.45) is -3.06. The summed E-state index contributed by atoms with van der Waals surface area (Å²) in [5, 5.41) is 8.95. The fourth-order valence-electron chi connectivity index (χ4n) is 1.38. The Morgan fingerprint density at radius 1 is 1.44 bits per heavy atom. The topological polar surface area (TPSA) is 63.3 Å². The van der Waals surface area contributed by atoms with Gasteiger partial charge in [0.2, 0.25) is 0 Å². The van der Waals surface area contributed by atoms with E-state index in [4.69, 9.17) is 10.8 Å². The van der Waals surface area contributed by atoms with Crippen LogP contribution in [0.3, 0.4) is 0 Å². The van der Waals surface area contributed by atoms with Crippen LogP contribution in [0.5, 0.6) is 0 Å². The number of nitrogens with two attached hydrogens (primary N) is 1. The highest BCUT2D eigenvalue weighted by Crippen LogP contribution is 2.31. The van der Waals surface area contributed by atoms with Gasteiger partial charge in [-0.15, -0.1) is 0 Å². The lowest BCUT2D eigenvalue weighted by atomic mass is 9.81. The molecule has 0 fully saturated rings. The summed E-state index contributed by atoms with van der Waals surface area (Å²) in [6.45, 7) is -0.651. The van der Waals surface area contributed by atoms with Gasteiger partial charge >= 0.3 is 5.97 Å². The SMILES string of the molecule is NCC(C(=O)O)(c1ccc(Br)cc1)C(F)F. The molecule has 0 aliphatic heterocycles. The number of alkyl halides is 2. The highest BCUT2D eigenvalue weighted by atomic mass is 79.9. The van der Waals surface area contributed by atoms with E-state index >= 15 is 0 Å². The summed E-state index contributed by atoms with van der Waals surface area (Å²) >= 11 is 3.14. The van der Waals surface area contributed by atoms with Gasteiger partial charge < -0.3 is 10.8 Å². The van der Waals surface area contributed by atoms with Gasteiger partial charge in [0, 0.05) is 11.0 Å². The van der Waals surface area contributed by atoms with Gasteiger partial charge in [0.05, 0.1) is 0 Å². The van der Waals surface area contributed by atoms with E-state index in [9.17, 15) is 13.6 Å². The fraction of sp³-hybridized carbons (Fsp3) is 0.300. The first-order chi connectivity index (χ1) is 7.45. The second-order valence-corrected chi connectivity index (χ2v) is 4.20. The molecule has 0 saturated heterocycles. The number of hydrogen-bond acceptors (Lipinski definition) is 2. The number of halogens is 3. The summed E-state index contributed by atoms with van der Waals surface area (Å²) in [5.74, 6) is -1.62. The Morgan fingerprint density at radius 2 is 1.94 bits per heavy atom. The normalized spacial score (nSPS) is 14.8. The Morgan fingerprint density at radius 3 is 2.25 bits per heavy atom. The minimum absolute atomic E-state index is 0.000648. The van der Waals surface area contributed by atoms with Crippen molar-refractivity contribution in [2.75, 3.05) is 6.54 Å². The molecule has 0 amide bonds. The van der Waals surface area contributed by atoms with Crippen molar-refractivity contribution in [1.29, 1.82) is 0 Å². The van der Waals surface area contributed by atoms with Crippen LogP contribution in [0, 0.1) is 0 Å². The Balaban J connectivity index is 3.30. The minimum atomic E-state index is -3.06. The number of carboxylic acids is 1. The molecule has 0 spiro atoms. The van der Waals surface area contributed by atoms with Gasteiger partial charge in [-0.1, -0.05) is 28.1 Å². The molecule has 0 aromatic heterocycles. The molecule has 16 heavy (non-hydrogen) atoms. The maximum atomic E-state index is 12.9. The van der Waals surface area contributed by atoms with Crippen LogP contribution in [0.1, 0.15) is 5.56 Å². The van der Waals surface area contributed by atoms with Crippen LogP contribution in [0.15, 0.2) is 28.7 Å². The third kappa shape index (κ3) is 2.08. The largest absolute Gasteiger partial charge is 0.480 e. The summed E-state index contributed by atoms with van der Waals surface area (Å²) < 4.78 is 26.5. The Kier molecular flexibility index (Phi) is 3.98. The second kappa shape index (κ2) is 4.88. The molecule has 1 unspecified atom stereocenters. The van der Waals surface area contributed by atoms with Crippen molar-refractivity contribution in [2.45, 2.75) is 11.8 Å². The monoisotopic (exact) mass is 293 g/mol. The van der Waals surface area contributed by atoms with E-state index in [0.29, 0.717) is 4.47 Å². The highest BCUT2D eigenvalue weighted by Gasteiger charge is 2.48. The van der Waals surface area contributed by atoms with E-state index in [0.717, 1.165) is 0 Å². The standard InChI is InChI=1S/C10H10BrF2NO2/c11-7-3-1-6(2-4-7)10(5-14,8(12)13)9(15)16/h1-4,8H,5,14H2,(H,15,16). The van der Waals surface area contributed by atoms with E-state index in [1.165, 1.54) is 24.3 Å². The van der Waals surface area contributed by atoms with Crippen LogP contribution in [0.4, 0.5) is 8.78 Å². The molecule has 1 atom stereocenters. The zero-order valence-corrected chi connectivity index (χ0v) is 9.75. The Hall–Kier alpha value is -1.01. The number of benzene rings is 1. The lowest BCUT2D eigenvalue weighted by molar-refractivity contribution is -0.149. The molecule has 1 rings (SSSR count). The first kappa shape index (κ1) is 13.1. The first-order valence-corrected chi connectivity index (χ1v) is 5.22. The van der Waals surface area contributed by atoms with Crippen molar-refractivity contribution < 1.29 is 18.7 Å². The molecule has 1 aromatic rings. The lowest BCUT2D eigenvalue weighted by Gasteiger charge is -2.27. The van der Waals surface area contributed by atoms with Crippen LogP contribution < -0.4 is 5.73 Å². The molecular formula is C10H10BrF2NO2. The maximum absolute atomic E-state index is 12.9. The Bertz CT molecular complexity index is 383. The third-order valence-electron chi connectivity index (χ3n) is 2.44. The molecule has 0 aliphatic carbocycles. The third-order valence-corrected chi connectivity index (χ3v) is 2.96. The van der Waals surface area contributed by atoms with Gasteiger partial charge in [-0.25, -0.2) is 8.78 Å². The van der Waals surface area contributed by atoms with E-state index in [-0.39, 0.29) is 5.56 Å². The van der Waals surface area contributed by atoms with Gasteiger partial charge in [-0.05, 0) is 17.7 Å². The molecule has 0 bridgehead atoms. The predicted octanol–water partition coefficient (Wildman–Crippen LogP) is 2.00. The molecule has 0 saturated carbocycles. The number of carbonyl (C=O) groups is 1. The average Bonchev–Trinajstić information content (AvgIpc) is 2.21. The van der Waals surface area contributed by atoms with E-state index in [1.54, 1.807) is 0 Å². The van der Waals surface area contributed by atoms with Crippen molar-refractivity contribution in [3.8, 4) is 0 Å². The molecule has 88 valence electrons. The van der Waals surface area contributed by atoms with E-state index < -0.39 is 24.4 Å². The van der Waals surface area contributed by atoms with Crippen molar-refractivity contribution in [1.82, 2.24) is 0 Å². The average molecular weight is 294 g/mol. The van der Waals surface area contributed by atoms with Gasteiger partial charge in [0.25, 0.3) is 6.43 Å². The number of hydrogen-bond donors (Lipinski definition) is 2. The van der Waals surface area contributed by atoms with Crippen LogP contribution in [0.2, 0.25) is 0 Å². The quantitative estimate of drug-likeness (QED) is 0.892. The minimum Gasteiger partial charge on any atom is -0.480 e. The maximum Gasteiger partial charge on any atom is 0.321 e. The van der Waals surface area contributed by atoms with Gasteiger partial charge in [-0.3, -0.25) is 4.79 Å². The van der Waals surface area contributed by atoms with Crippen molar-refractivity contribution >= 4 is 21.9 Å². The molecule has 6 heteroatoms. The zero-order chi connectivity index (χ0) is 12.3. The number of aliphatic carboxylic acids is 1. The fourth-order valence-corrected chi connectivity index (χ4v) is 1.65. The zero-order valence-electron chi connectivity index (χ0n) is 8.16. The molecule has 3 nitrogen and oxygen atoms in total. The molecular weight excluding hydrogens is 284 g/mol. The van der Waals surface area contributed by atoms with Crippen LogP contribution in [0.25, 0.3) is 0 Å².